The summed E-state index contributed by atoms with van der Waals surface area (Å²) in [6.07, 6.45) is -3.46. The first-order chi connectivity index (χ1) is 10.9. The number of sulfonamides is 1. The van der Waals surface area contributed by atoms with Gasteiger partial charge in [-0.2, -0.15) is 25.9 Å². The van der Waals surface area contributed by atoms with E-state index in [1.54, 1.807) is 0 Å². The lowest BCUT2D eigenvalue weighted by molar-refractivity contribution is -0.137. The molecule has 1 saturated heterocycles. The average Bonchev–Trinajstić information content (AvgIpc) is 2.45. The molecule has 6 nitrogen and oxygen atoms in total. The molecule has 1 fully saturated rings. The number of rotatable bonds is 4. The zero-order valence-electron chi connectivity index (χ0n) is 12.8. The van der Waals surface area contributed by atoms with Crippen molar-refractivity contribution >= 4 is 32.5 Å². The molecule has 1 unspecified atom stereocenters. The number of hydrogen-bond acceptors (Lipinski definition) is 4. The summed E-state index contributed by atoms with van der Waals surface area (Å²) in [5, 5.41) is 0. The predicted octanol–water partition coefficient (Wildman–Crippen LogP) is 2.56. The van der Waals surface area contributed by atoms with Crippen molar-refractivity contribution in [2.45, 2.75) is 36.4 Å². The Hall–Kier alpha value is -0.880. The first kappa shape index (κ1) is 22.2. The summed E-state index contributed by atoms with van der Waals surface area (Å²) >= 11 is 0. The van der Waals surface area contributed by atoms with E-state index >= 15 is 0 Å². The zero-order chi connectivity index (χ0) is 18.2. The highest BCUT2D eigenvalue weighted by Gasteiger charge is 2.37. The number of halogens is 4. The Kier molecular flexibility index (Phi) is 6.90. The molecule has 1 atom stereocenters. The average molecular weight is 424 g/mol. The van der Waals surface area contributed by atoms with Crippen LogP contribution < -0.4 is 0 Å². The van der Waals surface area contributed by atoms with Crippen LogP contribution in [0.2, 0.25) is 0 Å². The summed E-state index contributed by atoms with van der Waals surface area (Å²) in [6.45, 7) is -0.0151. The van der Waals surface area contributed by atoms with Crippen LogP contribution in [0.25, 0.3) is 0 Å². The van der Waals surface area contributed by atoms with E-state index < -0.39 is 48.6 Å². The largest absolute Gasteiger partial charge is 0.416 e. The first-order valence-corrected chi connectivity index (χ1v) is 10.1. The molecule has 1 aliphatic heterocycles. The summed E-state index contributed by atoms with van der Waals surface area (Å²) < 4.78 is 95.6. The van der Waals surface area contributed by atoms with Gasteiger partial charge in [-0.1, -0.05) is 12.5 Å². The van der Waals surface area contributed by atoms with Gasteiger partial charge < -0.3 is 0 Å². The van der Waals surface area contributed by atoms with Crippen molar-refractivity contribution in [2.75, 3.05) is 12.3 Å². The Bertz CT molecular complexity index is 811. The number of piperidine rings is 1. The van der Waals surface area contributed by atoms with Crippen molar-refractivity contribution in [1.29, 1.82) is 0 Å². The molecule has 0 saturated carbocycles. The van der Waals surface area contributed by atoms with Crippen LogP contribution in [0.5, 0.6) is 0 Å². The van der Waals surface area contributed by atoms with Crippen LogP contribution in [-0.4, -0.2) is 44.0 Å². The molecule has 12 heteroatoms. The molecule has 25 heavy (non-hydrogen) atoms. The molecular weight excluding hydrogens is 407 g/mol. The minimum absolute atomic E-state index is 0. The van der Waals surface area contributed by atoms with Gasteiger partial charge in [-0.05, 0) is 31.0 Å². The van der Waals surface area contributed by atoms with E-state index in [2.05, 4.69) is 0 Å². The summed E-state index contributed by atoms with van der Waals surface area (Å²) in [5.41, 5.74) is -1.10. The van der Waals surface area contributed by atoms with Gasteiger partial charge in [-0.25, -0.2) is 8.42 Å². The molecule has 0 radical (unpaired) electrons. The van der Waals surface area contributed by atoms with Crippen molar-refractivity contribution < 1.29 is 34.6 Å². The zero-order valence-corrected chi connectivity index (χ0v) is 15.3. The summed E-state index contributed by atoms with van der Waals surface area (Å²) in [4.78, 5) is -0.556. The quantitative estimate of drug-likeness (QED) is 0.751. The third kappa shape index (κ3) is 5.55. The van der Waals surface area contributed by atoms with Crippen LogP contribution >= 0.6 is 12.4 Å². The maximum atomic E-state index is 12.8. The van der Waals surface area contributed by atoms with Crippen molar-refractivity contribution in [1.82, 2.24) is 4.31 Å². The fraction of sp³-hybridized carbons (Fsp3) is 0.538. The molecule has 0 amide bonds. The third-order valence-corrected chi connectivity index (χ3v) is 6.50. The maximum Gasteiger partial charge on any atom is 0.416 e. The number of nitrogens with zero attached hydrogens (tertiary/aromatic N) is 1. The number of benzene rings is 1. The minimum Gasteiger partial charge on any atom is -0.285 e. The molecular formula is C13H17ClF3NO5S2. The van der Waals surface area contributed by atoms with E-state index in [9.17, 15) is 30.0 Å². The second-order valence-electron chi connectivity index (χ2n) is 5.54. The standard InChI is InChI=1S/C13H16F3NO5S2.ClH/c14-13(15,16)10-4-3-6-12(8-10)24(21,22)17-7-2-1-5-11(17)9-23(18,19)20;/h3-4,6,8,11H,1-2,5,7,9H2,(H,18,19,20);1H. The molecule has 1 aromatic rings. The highest BCUT2D eigenvalue weighted by Crippen LogP contribution is 2.32. The Labute approximate surface area is 150 Å². The van der Waals surface area contributed by atoms with Crippen LogP contribution in [0.1, 0.15) is 24.8 Å². The number of alkyl halides is 3. The van der Waals surface area contributed by atoms with Gasteiger partial charge in [0, 0.05) is 12.6 Å². The Morgan fingerprint density at radius 2 is 1.80 bits per heavy atom. The van der Waals surface area contributed by atoms with Crippen LogP contribution in [-0.2, 0) is 26.3 Å². The highest BCUT2D eigenvalue weighted by atomic mass is 35.5. The molecule has 1 heterocycles. The monoisotopic (exact) mass is 423 g/mol. The topological polar surface area (TPSA) is 91.8 Å². The summed E-state index contributed by atoms with van der Waals surface area (Å²) in [5.74, 6) is -0.787. The third-order valence-electron chi connectivity index (χ3n) is 3.74. The lowest BCUT2D eigenvalue weighted by atomic mass is 10.1. The van der Waals surface area contributed by atoms with Crippen LogP contribution in [0.3, 0.4) is 0 Å². The second-order valence-corrected chi connectivity index (χ2v) is 8.93. The fourth-order valence-corrected chi connectivity index (χ4v) is 5.33. The Balaban J connectivity index is 0.00000312. The molecule has 144 valence electrons. The van der Waals surface area contributed by atoms with E-state index in [0.717, 1.165) is 22.5 Å². The van der Waals surface area contributed by atoms with E-state index in [1.807, 2.05) is 0 Å². The molecule has 1 aliphatic rings. The van der Waals surface area contributed by atoms with Crippen LogP contribution in [0, 0.1) is 0 Å². The lowest BCUT2D eigenvalue weighted by Crippen LogP contribution is -2.46. The van der Waals surface area contributed by atoms with Crippen molar-refractivity contribution in [3.8, 4) is 0 Å². The molecule has 0 aliphatic carbocycles. The smallest absolute Gasteiger partial charge is 0.285 e. The van der Waals surface area contributed by atoms with Gasteiger partial charge in [-0.15, -0.1) is 12.4 Å². The van der Waals surface area contributed by atoms with E-state index in [1.165, 1.54) is 0 Å². The van der Waals surface area contributed by atoms with Gasteiger partial charge in [0.2, 0.25) is 10.0 Å². The number of hydrogen-bond donors (Lipinski definition) is 1. The van der Waals surface area contributed by atoms with E-state index in [0.29, 0.717) is 18.9 Å². The van der Waals surface area contributed by atoms with Crippen molar-refractivity contribution in [3.05, 3.63) is 29.8 Å². The molecule has 1 N–H and O–H groups in total. The summed E-state index contributed by atoms with van der Waals surface area (Å²) in [7, 11) is -8.73. The van der Waals surface area contributed by atoms with Crippen molar-refractivity contribution in [2.24, 2.45) is 0 Å². The SMILES string of the molecule is Cl.O=S(=O)(O)CC1CCCCN1S(=O)(=O)c1cccc(C(F)(F)F)c1. The minimum atomic E-state index is -4.69. The van der Waals surface area contributed by atoms with E-state index in [-0.39, 0.29) is 25.4 Å². The van der Waals surface area contributed by atoms with E-state index in [4.69, 9.17) is 4.55 Å². The Morgan fingerprint density at radius 3 is 2.36 bits per heavy atom. The molecule has 0 bridgehead atoms. The predicted molar refractivity (Wildman–Crippen MR) is 86.6 cm³/mol. The molecule has 1 aromatic carbocycles. The van der Waals surface area contributed by atoms with Gasteiger partial charge in [-0.3, -0.25) is 4.55 Å². The second kappa shape index (κ2) is 7.78. The first-order valence-electron chi connectivity index (χ1n) is 7.05. The molecule has 2 rings (SSSR count). The Morgan fingerprint density at radius 1 is 1.16 bits per heavy atom. The van der Waals surface area contributed by atoms with Gasteiger partial charge in [0.1, 0.15) is 0 Å². The van der Waals surface area contributed by atoms with Gasteiger partial charge in [0.15, 0.2) is 0 Å². The van der Waals surface area contributed by atoms with Crippen molar-refractivity contribution in [3.63, 3.8) is 0 Å². The van der Waals surface area contributed by atoms with Gasteiger partial charge in [0.05, 0.1) is 16.2 Å². The fourth-order valence-electron chi connectivity index (χ4n) is 2.67. The highest BCUT2D eigenvalue weighted by molar-refractivity contribution is 7.89. The normalized spacial score (nSPS) is 20.1. The van der Waals surface area contributed by atoms with Gasteiger partial charge >= 0.3 is 6.18 Å². The van der Waals surface area contributed by atoms with Crippen LogP contribution in [0.4, 0.5) is 13.2 Å². The molecule has 0 spiro atoms. The lowest BCUT2D eigenvalue weighted by Gasteiger charge is -2.34. The summed E-state index contributed by atoms with van der Waals surface area (Å²) in [6, 6.07) is 2.29. The van der Waals surface area contributed by atoms with Crippen LogP contribution in [0.15, 0.2) is 29.2 Å². The maximum absolute atomic E-state index is 12.8. The molecule has 0 aromatic heterocycles. The van der Waals surface area contributed by atoms with Gasteiger partial charge in [0.25, 0.3) is 10.1 Å².